The third-order valence-electron chi connectivity index (χ3n) is 3.36. The minimum Gasteiger partial charge on any atom is -0.493 e. The molecule has 1 N–H and O–H groups in total. The number of nitrogens with one attached hydrogen (secondary N) is 1. The maximum absolute atomic E-state index is 12.1. The molecule has 0 unspecified atom stereocenters. The second-order valence-electron chi connectivity index (χ2n) is 4.89. The van der Waals surface area contributed by atoms with E-state index in [1.807, 2.05) is 11.4 Å². The molecule has 2 rings (SSSR count). The van der Waals surface area contributed by atoms with Crippen LogP contribution in [0, 0.1) is 0 Å². The Morgan fingerprint density at radius 2 is 1.83 bits per heavy atom. The Balaban J connectivity index is 1.97. The van der Waals surface area contributed by atoms with Crippen LogP contribution in [0.15, 0.2) is 29.6 Å². The highest BCUT2D eigenvalue weighted by molar-refractivity contribution is 7.09. The molecule has 124 valence electrons. The fourth-order valence-electron chi connectivity index (χ4n) is 2.27. The lowest BCUT2D eigenvalue weighted by Crippen LogP contribution is -2.27. The Morgan fingerprint density at radius 3 is 2.35 bits per heavy atom. The molecule has 1 heterocycles. The molecule has 0 aliphatic rings. The number of amides is 1. The minimum atomic E-state index is -0.0316. The smallest absolute Gasteiger partial charge is 0.224 e. The van der Waals surface area contributed by atoms with Crippen molar-refractivity contribution < 1.29 is 19.0 Å². The minimum absolute atomic E-state index is 0.0316. The van der Waals surface area contributed by atoms with Crippen LogP contribution < -0.4 is 19.5 Å². The molecule has 1 aromatic heterocycles. The summed E-state index contributed by atoms with van der Waals surface area (Å²) >= 11 is 1.69. The topological polar surface area (TPSA) is 56.8 Å². The van der Waals surface area contributed by atoms with E-state index in [4.69, 9.17) is 14.2 Å². The summed E-state index contributed by atoms with van der Waals surface area (Å²) in [7, 11) is 4.67. The van der Waals surface area contributed by atoms with E-state index >= 15 is 0 Å². The van der Waals surface area contributed by atoms with E-state index < -0.39 is 0 Å². The first-order valence-corrected chi connectivity index (χ1v) is 8.13. The maximum atomic E-state index is 12.1. The molecule has 1 aromatic carbocycles. The molecule has 5 nitrogen and oxygen atoms in total. The second-order valence-corrected chi connectivity index (χ2v) is 5.92. The SMILES string of the molecule is COc1cc(CC(=O)NCCc2cccs2)cc(OC)c1OC. The Hall–Kier alpha value is -2.21. The molecule has 6 heteroatoms. The Bertz CT molecular complexity index is 615. The number of carbonyl (C=O) groups is 1. The number of hydrogen-bond donors (Lipinski definition) is 1. The van der Waals surface area contributed by atoms with Crippen molar-refractivity contribution in [3.8, 4) is 17.2 Å². The van der Waals surface area contributed by atoms with Gasteiger partial charge in [-0.3, -0.25) is 4.79 Å². The summed E-state index contributed by atoms with van der Waals surface area (Å²) in [6.45, 7) is 0.629. The number of carbonyl (C=O) groups excluding carboxylic acids is 1. The van der Waals surface area contributed by atoms with E-state index in [1.165, 1.54) is 4.88 Å². The lowest BCUT2D eigenvalue weighted by Gasteiger charge is -2.14. The standard InChI is InChI=1S/C17H21NO4S/c1-20-14-9-12(10-15(21-2)17(14)22-3)11-16(19)18-7-6-13-5-4-8-23-13/h4-5,8-10H,6-7,11H2,1-3H3,(H,18,19). The third-order valence-corrected chi connectivity index (χ3v) is 4.30. The molecule has 1 amide bonds. The number of rotatable bonds is 8. The molecule has 2 aromatic rings. The van der Waals surface area contributed by atoms with Crippen molar-refractivity contribution in [2.75, 3.05) is 27.9 Å². The fraction of sp³-hybridized carbons (Fsp3) is 0.353. The van der Waals surface area contributed by atoms with Crippen LogP contribution in [0.3, 0.4) is 0 Å². The highest BCUT2D eigenvalue weighted by atomic mass is 32.1. The van der Waals surface area contributed by atoms with Crippen LogP contribution in [0.2, 0.25) is 0 Å². The Kier molecular flexibility index (Phi) is 6.29. The largest absolute Gasteiger partial charge is 0.493 e. The quantitative estimate of drug-likeness (QED) is 0.806. The molecule has 0 aliphatic heterocycles. The van der Waals surface area contributed by atoms with Crippen LogP contribution in [0.4, 0.5) is 0 Å². The summed E-state index contributed by atoms with van der Waals surface area (Å²) in [5.74, 6) is 1.59. The average Bonchev–Trinajstić information content (AvgIpc) is 3.07. The van der Waals surface area contributed by atoms with E-state index in [9.17, 15) is 4.79 Å². The first-order chi connectivity index (χ1) is 11.2. The van der Waals surface area contributed by atoms with Gasteiger partial charge in [0.25, 0.3) is 0 Å². The third kappa shape index (κ3) is 4.63. The Morgan fingerprint density at radius 1 is 1.13 bits per heavy atom. The van der Waals surface area contributed by atoms with Gasteiger partial charge in [-0.2, -0.15) is 0 Å². The van der Waals surface area contributed by atoms with Crippen LogP contribution in [0.25, 0.3) is 0 Å². The fourth-order valence-corrected chi connectivity index (χ4v) is 2.97. The van der Waals surface area contributed by atoms with Crippen LogP contribution >= 0.6 is 11.3 Å². The van der Waals surface area contributed by atoms with Crippen molar-refractivity contribution in [2.45, 2.75) is 12.8 Å². The van der Waals surface area contributed by atoms with E-state index in [1.54, 1.807) is 44.8 Å². The van der Waals surface area contributed by atoms with Crippen molar-refractivity contribution in [1.82, 2.24) is 5.32 Å². The Labute approximate surface area is 140 Å². The lowest BCUT2D eigenvalue weighted by atomic mass is 10.1. The predicted octanol–water partition coefficient (Wildman–Crippen LogP) is 2.68. The molecule has 0 atom stereocenters. The van der Waals surface area contributed by atoms with Crippen LogP contribution in [-0.4, -0.2) is 33.8 Å². The van der Waals surface area contributed by atoms with Crippen molar-refractivity contribution >= 4 is 17.2 Å². The molecule has 0 fully saturated rings. The molecular weight excluding hydrogens is 314 g/mol. The summed E-state index contributed by atoms with van der Waals surface area (Å²) in [6.07, 6.45) is 1.11. The summed E-state index contributed by atoms with van der Waals surface area (Å²) in [5, 5.41) is 4.96. The molecule has 0 aliphatic carbocycles. The van der Waals surface area contributed by atoms with Gasteiger partial charge in [-0.1, -0.05) is 6.07 Å². The molecule has 0 radical (unpaired) electrons. The first kappa shape index (κ1) is 17.1. The second kappa shape index (κ2) is 8.43. The monoisotopic (exact) mass is 335 g/mol. The summed E-state index contributed by atoms with van der Waals surface area (Å²) < 4.78 is 15.9. The van der Waals surface area contributed by atoms with Gasteiger partial charge in [-0.15, -0.1) is 11.3 Å². The van der Waals surface area contributed by atoms with Gasteiger partial charge in [-0.05, 0) is 35.6 Å². The van der Waals surface area contributed by atoms with Crippen LogP contribution in [-0.2, 0) is 17.6 Å². The number of ether oxygens (including phenoxy) is 3. The number of hydrogen-bond acceptors (Lipinski definition) is 5. The zero-order chi connectivity index (χ0) is 16.7. The first-order valence-electron chi connectivity index (χ1n) is 7.26. The molecule has 0 spiro atoms. The van der Waals surface area contributed by atoms with Gasteiger partial charge in [0.15, 0.2) is 11.5 Å². The number of methoxy groups -OCH3 is 3. The van der Waals surface area contributed by atoms with Gasteiger partial charge in [0.1, 0.15) is 0 Å². The zero-order valence-corrected chi connectivity index (χ0v) is 14.4. The van der Waals surface area contributed by atoms with Crippen molar-refractivity contribution in [1.29, 1.82) is 0 Å². The van der Waals surface area contributed by atoms with Gasteiger partial charge in [0.2, 0.25) is 11.7 Å². The van der Waals surface area contributed by atoms with E-state index in [2.05, 4.69) is 11.4 Å². The molecule has 23 heavy (non-hydrogen) atoms. The van der Waals surface area contributed by atoms with Crippen molar-refractivity contribution in [3.05, 3.63) is 40.1 Å². The predicted molar refractivity (Wildman–Crippen MR) is 90.8 cm³/mol. The van der Waals surface area contributed by atoms with Gasteiger partial charge < -0.3 is 19.5 Å². The summed E-state index contributed by atoms with van der Waals surface area (Å²) in [5.41, 5.74) is 0.813. The van der Waals surface area contributed by atoms with E-state index in [0.717, 1.165) is 12.0 Å². The average molecular weight is 335 g/mol. The zero-order valence-electron chi connectivity index (χ0n) is 13.5. The summed E-state index contributed by atoms with van der Waals surface area (Å²) in [4.78, 5) is 13.3. The molecule has 0 bridgehead atoms. The highest BCUT2D eigenvalue weighted by Gasteiger charge is 2.14. The number of benzene rings is 1. The van der Waals surface area contributed by atoms with Gasteiger partial charge >= 0.3 is 0 Å². The van der Waals surface area contributed by atoms with Gasteiger partial charge in [-0.25, -0.2) is 0 Å². The number of thiophene rings is 1. The lowest BCUT2D eigenvalue weighted by molar-refractivity contribution is -0.120. The summed E-state index contributed by atoms with van der Waals surface area (Å²) in [6, 6.07) is 7.66. The van der Waals surface area contributed by atoms with Gasteiger partial charge in [0.05, 0.1) is 27.8 Å². The highest BCUT2D eigenvalue weighted by Crippen LogP contribution is 2.38. The van der Waals surface area contributed by atoms with Crippen molar-refractivity contribution in [2.24, 2.45) is 0 Å². The molecule has 0 saturated carbocycles. The molecular formula is C17H21NO4S. The van der Waals surface area contributed by atoms with Crippen LogP contribution in [0.1, 0.15) is 10.4 Å². The van der Waals surface area contributed by atoms with E-state index in [-0.39, 0.29) is 12.3 Å². The maximum Gasteiger partial charge on any atom is 0.224 e. The van der Waals surface area contributed by atoms with Crippen molar-refractivity contribution in [3.63, 3.8) is 0 Å². The van der Waals surface area contributed by atoms with Crippen LogP contribution in [0.5, 0.6) is 17.2 Å². The van der Waals surface area contributed by atoms with E-state index in [0.29, 0.717) is 23.8 Å². The normalized spacial score (nSPS) is 10.2. The van der Waals surface area contributed by atoms with Gasteiger partial charge in [0, 0.05) is 11.4 Å². The molecule has 0 saturated heterocycles.